The monoisotopic (exact) mass is 631 g/mol. The molecule has 0 atom stereocenters. The third kappa shape index (κ3) is 4.33. The van der Waals surface area contributed by atoms with E-state index in [1.165, 1.54) is 25.6 Å². The maximum absolute atomic E-state index is 6.22. The van der Waals surface area contributed by atoms with Gasteiger partial charge in [0.2, 0.25) is 0 Å². The highest BCUT2D eigenvalue weighted by atomic mass is 32.1. The van der Waals surface area contributed by atoms with Gasteiger partial charge in [0.15, 0.2) is 17.5 Å². The van der Waals surface area contributed by atoms with Crippen LogP contribution in [0.1, 0.15) is 0 Å². The Kier molecular flexibility index (Phi) is 6.01. The molecule has 7 aromatic carbocycles. The lowest BCUT2D eigenvalue weighted by atomic mass is 9.97. The number of nitrogens with zero attached hydrogens (tertiary/aromatic N) is 3. The van der Waals surface area contributed by atoms with Gasteiger partial charge in [0.1, 0.15) is 11.2 Å². The molecule has 0 unspecified atom stereocenters. The molecule has 10 aromatic rings. The van der Waals surface area contributed by atoms with Crippen LogP contribution in [0.3, 0.4) is 0 Å². The van der Waals surface area contributed by atoms with Crippen molar-refractivity contribution >= 4 is 64.2 Å². The maximum Gasteiger partial charge on any atom is 0.164 e. The normalized spacial score (nSPS) is 11.8. The van der Waals surface area contributed by atoms with Gasteiger partial charge in [0, 0.05) is 47.6 Å². The van der Waals surface area contributed by atoms with E-state index in [9.17, 15) is 0 Å². The quantitative estimate of drug-likeness (QED) is 0.194. The molecule has 0 radical (unpaired) electrons. The van der Waals surface area contributed by atoms with Crippen molar-refractivity contribution in [3.05, 3.63) is 152 Å². The summed E-state index contributed by atoms with van der Waals surface area (Å²) in [6.07, 6.45) is 0. The van der Waals surface area contributed by atoms with Crippen LogP contribution in [0.2, 0.25) is 0 Å². The number of thiophene rings is 1. The molecule has 0 bridgehead atoms. The minimum Gasteiger partial charge on any atom is -0.456 e. The van der Waals surface area contributed by atoms with E-state index in [2.05, 4.69) is 133 Å². The SMILES string of the molecule is c1cc(-c2nc(-c3ccc4ccccc4c3)nc(-c3cccc4sc5ccccc5c34)n2)cc(-c2cccc3oc4ccccc4c23)c1. The lowest BCUT2D eigenvalue weighted by molar-refractivity contribution is 0.669. The predicted octanol–water partition coefficient (Wildman–Crippen LogP) is 12.0. The Morgan fingerprint density at radius 2 is 1.04 bits per heavy atom. The van der Waals surface area contributed by atoms with E-state index in [1.54, 1.807) is 11.3 Å². The van der Waals surface area contributed by atoms with Gasteiger partial charge in [-0.3, -0.25) is 0 Å². The summed E-state index contributed by atoms with van der Waals surface area (Å²) in [4.78, 5) is 15.5. The largest absolute Gasteiger partial charge is 0.456 e. The van der Waals surface area contributed by atoms with Gasteiger partial charge in [0.25, 0.3) is 0 Å². The van der Waals surface area contributed by atoms with Crippen LogP contribution in [0.25, 0.3) is 98.2 Å². The van der Waals surface area contributed by atoms with E-state index in [1.807, 2.05) is 18.2 Å². The van der Waals surface area contributed by atoms with Crippen LogP contribution in [-0.4, -0.2) is 15.0 Å². The number of hydrogen-bond donors (Lipinski definition) is 0. The summed E-state index contributed by atoms with van der Waals surface area (Å²) in [7, 11) is 0. The summed E-state index contributed by atoms with van der Waals surface area (Å²) in [5.41, 5.74) is 6.81. The average Bonchev–Trinajstić information content (AvgIpc) is 3.73. The first kappa shape index (κ1) is 27.0. The van der Waals surface area contributed by atoms with Crippen molar-refractivity contribution in [3.8, 4) is 45.3 Å². The molecule has 5 heteroatoms. The van der Waals surface area contributed by atoms with Crippen molar-refractivity contribution in [2.45, 2.75) is 0 Å². The molecule has 0 saturated carbocycles. The van der Waals surface area contributed by atoms with Crippen molar-refractivity contribution in [1.82, 2.24) is 15.0 Å². The van der Waals surface area contributed by atoms with Crippen LogP contribution in [0.5, 0.6) is 0 Å². The Morgan fingerprint density at radius 1 is 0.396 bits per heavy atom. The first-order chi connectivity index (χ1) is 23.8. The summed E-state index contributed by atoms with van der Waals surface area (Å²) in [6, 6.07) is 52.7. The smallest absolute Gasteiger partial charge is 0.164 e. The van der Waals surface area contributed by atoms with E-state index in [0.717, 1.165) is 55.1 Å². The van der Waals surface area contributed by atoms with Crippen molar-refractivity contribution in [1.29, 1.82) is 0 Å². The molecule has 48 heavy (non-hydrogen) atoms. The van der Waals surface area contributed by atoms with Crippen molar-refractivity contribution in [2.75, 3.05) is 0 Å². The number of fused-ring (bicyclic) bond motifs is 7. The Hall–Kier alpha value is -6.17. The molecule has 0 N–H and O–H groups in total. The van der Waals surface area contributed by atoms with Crippen LogP contribution in [-0.2, 0) is 0 Å². The molecule has 3 aromatic heterocycles. The van der Waals surface area contributed by atoms with Gasteiger partial charge in [-0.1, -0.05) is 115 Å². The minimum absolute atomic E-state index is 0.630. The van der Waals surface area contributed by atoms with Crippen LogP contribution in [0.15, 0.2) is 156 Å². The number of rotatable bonds is 4. The Bertz CT molecular complexity index is 2870. The summed E-state index contributed by atoms with van der Waals surface area (Å²) >= 11 is 1.80. The zero-order valence-electron chi connectivity index (χ0n) is 25.6. The molecule has 0 spiro atoms. The molecule has 0 aliphatic heterocycles. The standard InChI is InChI=1S/C43H25N3OS/c1-2-11-27-24-30(23-22-26(27)10-1)42-44-41(45-43(46-42)34-17-9-21-38-40(34)33-15-4-6-20-37(33)48-38)29-13-7-12-28(25-29)31-16-8-19-36-39(31)32-14-3-5-18-35(32)47-36/h1-25H. The van der Waals surface area contributed by atoms with Crippen molar-refractivity contribution < 1.29 is 4.42 Å². The Balaban J connectivity index is 1.20. The molecular formula is C43H25N3OS. The summed E-state index contributed by atoms with van der Waals surface area (Å²) < 4.78 is 8.68. The fourth-order valence-corrected chi connectivity index (χ4v) is 8.02. The van der Waals surface area contributed by atoms with Gasteiger partial charge in [0.05, 0.1) is 0 Å². The van der Waals surface area contributed by atoms with Gasteiger partial charge in [-0.05, 0) is 58.3 Å². The molecule has 0 saturated heterocycles. The van der Waals surface area contributed by atoms with E-state index in [-0.39, 0.29) is 0 Å². The minimum atomic E-state index is 0.630. The van der Waals surface area contributed by atoms with Crippen LogP contribution < -0.4 is 0 Å². The number of hydrogen-bond acceptors (Lipinski definition) is 5. The fraction of sp³-hybridized carbons (Fsp3) is 0. The highest BCUT2D eigenvalue weighted by Gasteiger charge is 2.18. The third-order valence-electron chi connectivity index (χ3n) is 9.12. The highest BCUT2D eigenvalue weighted by molar-refractivity contribution is 7.25. The molecule has 3 heterocycles. The number of furan rings is 1. The predicted molar refractivity (Wildman–Crippen MR) is 199 cm³/mol. The summed E-state index contributed by atoms with van der Waals surface area (Å²) in [5.74, 6) is 1.93. The highest BCUT2D eigenvalue weighted by Crippen LogP contribution is 2.41. The lowest BCUT2D eigenvalue weighted by Crippen LogP contribution is -2.00. The second kappa shape index (κ2) is 10.7. The van der Waals surface area contributed by atoms with Crippen LogP contribution in [0.4, 0.5) is 0 Å². The van der Waals surface area contributed by atoms with Crippen LogP contribution >= 0.6 is 11.3 Å². The van der Waals surface area contributed by atoms with Crippen molar-refractivity contribution in [3.63, 3.8) is 0 Å². The fourth-order valence-electron chi connectivity index (χ4n) is 6.88. The summed E-state index contributed by atoms with van der Waals surface area (Å²) in [5, 5.41) is 6.92. The molecule has 0 aliphatic rings. The first-order valence-electron chi connectivity index (χ1n) is 15.9. The van der Waals surface area contributed by atoms with E-state index in [0.29, 0.717) is 17.5 Å². The number of benzene rings is 7. The molecule has 0 aliphatic carbocycles. The van der Waals surface area contributed by atoms with E-state index in [4.69, 9.17) is 19.4 Å². The Morgan fingerprint density at radius 3 is 1.96 bits per heavy atom. The van der Waals surface area contributed by atoms with Gasteiger partial charge in [-0.15, -0.1) is 11.3 Å². The second-order valence-corrected chi connectivity index (χ2v) is 13.1. The first-order valence-corrected chi connectivity index (χ1v) is 16.8. The topological polar surface area (TPSA) is 51.8 Å². The van der Waals surface area contributed by atoms with Crippen LogP contribution in [0, 0.1) is 0 Å². The van der Waals surface area contributed by atoms with Gasteiger partial charge in [-0.25, -0.2) is 15.0 Å². The second-order valence-electron chi connectivity index (χ2n) is 12.0. The zero-order valence-corrected chi connectivity index (χ0v) is 26.4. The lowest BCUT2D eigenvalue weighted by Gasteiger charge is -2.11. The summed E-state index contributed by atoms with van der Waals surface area (Å²) in [6.45, 7) is 0. The van der Waals surface area contributed by atoms with Crippen molar-refractivity contribution in [2.24, 2.45) is 0 Å². The maximum atomic E-state index is 6.22. The number of aromatic nitrogens is 3. The van der Waals surface area contributed by atoms with Gasteiger partial charge in [-0.2, -0.15) is 0 Å². The number of para-hydroxylation sites is 1. The van der Waals surface area contributed by atoms with Gasteiger partial charge >= 0.3 is 0 Å². The average molecular weight is 632 g/mol. The Labute approximate surface area is 279 Å². The third-order valence-corrected chi connectivity index (χ3v) is 10.3. The van der Waals surface area contributed by atoms with Gasteiger partial charge < -0.3 is 4.42 Å². The van der Waals surface area contributed by atoms with E-state index < -0.39 is 0 Å². The molecule has 0 fully saturated rings. The molecule has 4 nitrogen and oxygen atoms in total. The van der Waals surface area contributed by atoms with E-state index >= 15 is 0 Å². The molecule has 0 amide bonds. The molecular weight excluding hydrogens is 607 g/mol. The zero-order chi connectivity index (χ0) is 31.6. The molecule has 10 rings (SSSR count). The molecule has 224 valence electrons.